The average molecular weight is 496 g/mol. The van der Waals surface area contributed by atoms with Gasteiger partial charge in [-0.3, -0.25) is 19.2 Å². The third kappa shape index (κ3) is 4.37. The number of carbonyl (C=O) groups excluding carboxylic acids is 4. The zero-order valence-corrected chi connectivity index (χ0v) is 19.2. The lowest BCUT2D eigenvalue weighted by Crippen LogP contribution is -2.41. The second-order valence-corrected chi connectivity index (χ2v) is 9.17. The van der Waals surface area contributed by atoms with Gasteiger partial charge < -0.3 is 21.3 Å². The molecule has 2 aromatic carbocycles. The van der Waals surface area contributed by atoms with E-state index in [0.29, 0.717) is 38.3 Å². The Morgan fingerprint density at radius 3 is 2.79 bits per heavy atom. The molecule has 4 N–H and O–H groups in total. The first-order valence-corrected chi connectivity index (χ1v) is 11.7. The molecule has 0 spiro atoms. The number of anilines is 3. The summed E-state index contributed by atoms with van der Waals surface area (Å²) in [5, 5.41) is 13.5. The SMILES string of the molecule is O=C(CCC1NC(=O)c2ccccc2NC1=O)Nc1nc(-c2cc3c(cc2Cl)NC(=O)C3)cs1. The standard InChI is InChI=1S/C23H18ClN5O4S/c24-14-9-17-11(8-20(31)25-17)7-13(14)18-10-34-23(28-18)29-19(30)6-5-16-22(33)26-15-4-2-1-3-12(15)21(32)27-16/h1-4,7,9-10,16H,5-6,8H2,(H,25,31)(H,26,33)(H,27,32)(H,28,29,30). The van der Waals surface area contributed by atoms with Gasteiger partial charge in [0.1, 0.15) is 6.04 Å². The predicted octanol–water partition coefficient (Wildman–Crippen LogP) is 3.43. The first-order valence-electron chi connectivity index (χ1n) is 10.5. The number of nitrogens with one attached hydrogen (secondary N) is 4. The third-order valence-electron chi connectivity index (χ3n) is 5.56. The van der Waals surface area contributed by atoms with Crippen molar-refractivity contribution in [3.63, 3.8) is 0 Å². The van der Waals surface area contributed by atoms with E-state index in [2.05, 4.69) is 26.3 Å². The second-order valence-electron chi connectivity index (χ2n) is 7.90. The van der Waals surface area contributed by atoms with Gasteiger partial charge in [0.05, 0.1) is 28.4 Å². The Balaban J connectivity index is 1.21. The van der Waals surface area contributed by atoms with Crippen LogP contribution in [-0.4, -0.2) is 34.7 Å². The lowest BCUT2D eigenvalue weighted by atomic mass is 10.1. The highest BCUT2D eigenvalue weighted by molar-refractivity contribution is 7.14. The van der Waals surface area contributed by atoms with Crippen molar-refractivity contribution in [2.45, 2.75) is 25.3 Å². The Bertz CT molecular complexity index is 1350. The molecule has 4 amide bonds. The van der Waals surface area contributed by atoms with Crippen LogP contribution in [0.3, 0.4) is 0 Å². The maximum atomic E-state index is 12.5. The zero-order chi connectivity index (χ0) is 23.8. The summed E-state index contributed by atoms with van der Waals surface area (Å²) in [7, 11) is 0. The van der Waals surface area contributed by atoms with Crippen LogP contribution in [0.4, 0.5) is 16.5 Å². The Morgan fingerprint density at radius 1 is 1.12 bits per heavy atom. The van der Waals surface area contributed by atoms with Crippen LogP contribution in [0.5, 0.6) is 0 Å². The van der Waals surface area contributed by atoms with E-state index in [1.165, 1.54) is 11.3 Å². The number of aromatic nitrogens is 1. The minimum Gasteiger partial charge on any atom is -0.340 e. The summed E-state index contributed by atoms with van der Waals surface area (Å²) in [4.78, 5) is 53.4. The summed E-state index contributed by atoms with van der Waals surface area (Å²) in [6, 6.07) is 9.41. The Morgan fingerprint density at radius 2 is 1.94 bits per heavy atom. The van der Waals surface area contributed by atoms with E-state index >= 15 is 0 Å². The van der Waals surface area contributed by atoms with Crippen molar-refractivity contribution in [1.82, 2.24) is 10.3 Å². The van der Waals surface area contributed by atoms with Crippen molar-refractivity contribution in [2.24, 2.45) is 0 Å². The lowest BCUT2D eigenvalue weighted by Gasteiger charge is -2.13. The highest BCUT2D eigenvalue weighted by atomic mass is 35.5. The minimum absolute atomic E-state index is 0.0109. The van der Waals surface area contributed by atoms with Gasteiger partial charge in [0.25, 0.3) is 5.91 Å². The molecule has 172 valence electrons. The second kappa shape index (κ2) is 8.88. The fraction of sp³-hybridized carbons (Fsp3) is 0.174. The number of para-hydroxylation sites is 1. The monoisotopic (exact) mass is 495 g/mol. The quantitative estimate of drug-likeness (QED) is 0.431. The van der Waals surface area contributed by atoms with E-state index in [0.717, 1.165) is 5.56 Å². The largest absolute Gasteiger partial charge is 0.340 e. The van der Waals surface area contributed by atoms with Crippen molar-refractivity contribution in [3.8, 4) is 11.3 Å². The van der Waals surface area contributed by atoms with E-state index in [-0.39, 0.29) is 42.9 Å². The Labute approximate surface area is 202 Å². The maximum absolute atomic E-state index is 12.5. The summed E-state index contributed by atoms with van der Waals surface area (Å²) < 4.78 is 0. The van der Waals surface area contributed by atoms with Crippen LogP contribution >= 0.6 is 22.9 Å². The molecule has 0 saturated heterocycles. The molecule has 1 aromatic heterocycles. The molecule has 1 atom stereocenters. The number of thiazole rings is 1. The van der Waals surface area contributed by atoms with E-state index in [4.69, 9.17) is 11.6 Å². The number of halogens is 1. The molecule has 0 fully saturated rings. The number of hydrogen-bond acceptors (Lipinski definition) is 6. The fourth-order valence-corrected chi connectivity index (χ4v) is 4.86. The normalized spacial score (nSPS) is 16.6. The van der Waals surface area contributed by atoms with E-state index in [1.54, 1.807) is 35.7 Å². The van der Waals surface area contributed by atoms with Crippen LogP contribution in [0.25, 0.3) is 11.3 Å². The molecule has 3 aromatic rings. The van der Waals surface area contributed by atoms with Crippen LogP contribution < -0.4 is 21.3 Å². The summed E-state index contributed by atoms with van der Waals surface area (Å²) in [6.07, 6.45) is 0.425. The van der Waals surface area contributed by atoms with Crippen molar-refractivity contribution >= 4 is 63.1 Å². The van der Waals surface area contributed by atoms with Crippen LogP contribution in [0.2, 0.25) is 5.02 Å². The van der Waals surface area contributed by atoms with E-state index < -0.39 is 6.04 Å². The minimum atomic E-state index is -0.834. The molecule has 5 rings (SSSR count). The molecule has 2 aliphatic rings. The maximum Gasteiger partial charge on any atom is 0.254 e. The number of carbonyl (C=O) groups is 4. The highest BCUT2D eigenvalue weighted by Crippen LogP contribution is 2.36. The number of rotatable bonds is 5. The molecular formula is C23H18ClN5O4S. The molecular weight excluding hydrogens is 478 g/mol. The number of hydrogen-bond donors (Lipinski definition) is 4. The zero-order valence-electron chi connectivity index (χ0n) is 17.6. The summed E-state index contributed by atoms with van der Waals surface area (Å²) in [5.41, 5.74) is 3.61. The van der Waals surface area contributed by atoms with Crippen molar-refractivity contribution in [2.75, 3.05) is 16.0 Å². The molecule has 9 nitrogen and oxygen atoms in total. The fourth-order valence-electron chi connectivity index (χ4n) is 3.87. The lowest BCUT2D eigenvalue weighted by molar-refractivity contribution is -0.119. The topological polar surface area (TPSA) is 129 Å². The molecule has 3 heterocycles. The molecule has 34 heavy (non-hydrogen) atoms. The van der Waals surface area contributed by atoms with Gasteiger partial charge in [-0.05, 0) is 36.2 Å². The summed E-state index contributed by atoms with van der Waals surface area (Å²) in [5.74, 6) is -1.16. The number of benzene rings is 2. The van der Waals surface area contributed by atoms with Gasteiger partial charge in [-0.1, -0.05) is 23.7 Å². The van der Waals surface area contributed by atoms with Gasteiger partial charge in [-0.25, -0.2) is 4.98 Å². The number of amides is 4. The van der Waals surface area contributed by atoms with Gasteiger partial charge >= 0.3 is 0 Å². The predicted molar refractivity (Wildman–Crippen MR) is 129 cm³/mol. The smallest absolute Gasteiger partial charge is 0.254 e. The highest BCUT2D eigenvalue weighted by Gasteiger charge is 2.28. The molecule has 0 bridgehead atoms. The van der Waals surface area contributed by atoms with Crippen molar-refractivity contribution < 1.29 is 19.2 Å². The van der Waals surface area contributed by atoms with Crippen molar-refractivity contribution in [3.05, 3.63) is 57.9 Å². The van der Waals surface area contributed by atoms with Crippen molar-refractivity contribution in [1.29, 1.82) is 0 Å². The van der Waals surface area contributed by atoms with Gasteiger partial charge in [0.15, 0.2) is 5.13 Å². The number of fused-ring (bicyclic) bond motifs is 2. The number of nitrogens with zero attached hydrogens (tertiary/aromatic N) is 1. The molecule has 0 radical (unpaired) electrons. The van der Waals surface area contributed by atoms with Crippen LogP contribution in [0.1, 0.15) is 28.8 Å². The average Bonchev–Trinajstić information content (AvgIpc) is 3.38. The Hall–Kier alpha value is -3.76. The van der Waals surface area contributed by atoms with Gasteiger partial charge in [-0.2, -0.15) is 0 Å². The first-order chi connectivity index (χ1) is 16.4. The third-order valence-corrected chi connectivity index (χ3v) is 6.63. The Kier molecular flexibility index (Phi) is 5.76. The van der Waals surface area contributed by atoms with Crippen LogP contribution in [-0.2, 0) is 20.8 Å². The molecule has 1 unspecified atom stereocenters. The van der Waals surface area contributed by atoms with Gasteiger partial charge in [0, 0.05) is 23.1 Å². The van der Waals surface area contributed by atoms with E-state index in [1.807, 2.05) is 6.07 Å². The molecule has 0 aliphatic carbocycles. The molecule has 0 saturated carbocycles. The van der Waals surface area contributed by atoms with Crippen LogP contribution in [0, 0.1) is 0 Å². The molecule has 11 heteroatoms. The van der Waals surface area contributed by atoms with Gasteiger partial charge in [-0.15, -0.1) is 11.3 Å². The van der Waals surface area contributed by atoms with Gasteiger partial charge in [0.2, 0.25) is 17.7 Å². The molecule has 2 aliphatic heterocycles. The van der Waals surface area contributed by atoms with Crippen LogP contribution in [0.15, 0.2) is 41.8 Å². The van der Waals surface area contributed by atoms with E-state index in [9.17, 15) is 19.2 Å². The first kappa shape index (κ1) is 22.1. The summed E-state index contributed by atoms with van der Waals surface area (Å²) in [6.45, 7) is 0. The summed E-state index contributed by atoms with van der Waals surface area (Å²) >= 11 is 7.61.